The van der Waals surface area contributed by atoms with Crippen LogP contribution in [0.4, 0.5) is 0 Å². The van der Waals surface area contributed by atoms with E-state index in [-0.39, 0.29) is 6.61 Å². The molecule has 0 aliphatic carbocycles. The molecule has 0 aromatic rings. The smallest absolute Gasteiger partial charge is 0.249 e. The van der Waals surface area contributed by atoms with Gasteiger partial charge in [0.25, 0.3) is 0 Å². The van der Waals surface area contributed by atoms with E-state index >= 15 is 0 Å². The second kappa shape index (κ2) is 50.0. The first-order valence-corrected chi connectivity index (χ1v) is 26.5. The van der Waals surface area contributed by atoms with E-state index in [1.54, 1.807) is 6.08 Å². The molecular formula is C55H103NO4. The van der Waals surface area contributed by atoms with E-state index in [9.17, 15) is 20.1 Å². The van der Waals surface area contributed by atoms with Gasteiger partial charge in [-0.3, -0.25) is 4.79 Å². The first kappa shape index (κ1) is 58.3. The molecule has 0 aromatic heterocycles. The normalized spacial score (nSPS) is 13.8. The van der Waals surface area contributed by atoms with Gasteiger partial charge in [-0.15, -0.1) is 0 Å². The van der Waals surface area contributed by atoms with E-state index in [0.717, 1.165) is 44.9 Å². The third-order valence-electron chi connectivity index (χ3n) is 12.1. The van der Waals surface area contributed by atoms with Gasteiger partial charge >= 0.3 is 0 Å². The number of hydrogen-bond acceptors (Lipinski definition) is 4. The third-order valence-corrected chi connectivity index (χ3v) is 12.1. The van der Waals surface area contributed by atoms with Crippen molar-refractivity contribution in [3.05, 3.63) is 48.6 Å². The molecule has 4 N–H and O–H groups in total. The number of hydrogen-bond donors (Lipinski definition) is 4. The highest BCUT2D eigenvalue weighted by Crippen LogP contribution is 2.16. The molecule has 0 saturated heterocycles. The number of carbonyl (C=O) groups excluding carboxylic acids is 1. The first-order valence-electron chi connectivity index (χ1n) is 26.5. The molecule has 5 nitrogen and oxygen atoms in total. The van der Waals surface area contributed by atoms with Crippen molar-refractivity contribution in [3.8, 4) is 0 Å². The van der Waals surface area contributed by atoms with E-state index in [0.29, 0.717) is 6.42 Å². The Balaban J connectivity index is 3.61. The Morgan fingerprint density at radius 2 is 0.683 bits per heavy atom. The van der Waals surface area contributed by atoms with Gasteiger partial charge in [-0.2, -0.15) is 0 Å². The summed E-state index contributed by atoms with van der Waals surface area (Å²) in [5.74, 6) is -0.516. The molecule has 3 atom stereocenters. The molecule has 0 rings (SSSR count). The largest absolute Gasteiger partial charge is 0.394 e. The lowest BCUT2D eigenvalue weighted by molar-refractivity contribution is -0.131. The molecule has 0 aromatic carbocycles. The lowest BCUT2D eigenvalue weighted by atomic mass is 10.0. The monoisotopic (exact) mass is 842 g/mol. The number of rotatable bonds is 48. The molecule has 0 saturated carbocycles. The van der Waals surface area contributed by atoms with Crippen molar-refractivity contribution in [1.82, 2.24) is 5.32 Å². The molecule has 60 heavy (non-hydrogen) atoms. The second-order valence-corrected chi connectivity index (χ2v) is 18.1. The fourth-order valence-electron chi connectivity index (χ4n) is 7.98. The van der Waals surface area contributed by atoms with Gasteiger partial charge < -0.3 is 20.6 Å². The predicted molar refractivity (Wildman–Crippen MR) is 264 cm³/mol. The Bertz CT molecular complexity index is 974. The summed E-state index contributed by atoms with van der Waals surface area (Å²) in [7, 11) is 0. The predicted octanol–water partition coefficient (Wildman–Crippen LogP) is 16.1. The van der Waals surface area contributed by atoms with E-state index in [4.69, 9.17) is 0 Å². The molecule has 0 aliphatic rings. The Hall–Kier alpha value is -1.69. The van der Waals surface area contributed by atoms with E-state index in [2.05, 4.69) is 55.6 Å². The number of nitrogens with one attached hydrogen (secondary N) is 1. The van der Waals surface area contributed by atoms with Gasteiger partial charge in [0, 0.05) is 0 Å². The average molecular weight is 842 g/mol. The van der Waals surface area contributed by atoms with Crippen LogP contribution in [-0.4, -0.2) is 46.1 Å². The molecule has 1 amide bonds. The van der Waals surface area contributed by atoms with Crippen LogP contribution in [0.25, 0.3) is 0 Å². The SMILES string of the molecule is CCCCCCCCC/C=C/CC/C=C/CC/C=C/C(O)C(CO)NC(=O)C(O)CCCCCCCCCCCCCCC/C=C\CCCCCCCCCCCCCC. The Morgan fingerprint density at radius 1 is 0.400 bits per heavy atom. The minimum absolute atomic E-state index is 0.381. The van der Waals surface area contributed by atoms with Crippen molar-refractivity contribution in [3.63, 3.8) is 0 Å². The fraction of sp³-hybridized carbons (Fsp3) is 0.836. The standard InChI is InChI=1S/C55H103NO4/c1-3-5-7-9-11-13-15-17-19-21-22-23-24-25-26-27-28-29-30-31-32-34-36-38-40-42-44-46-48-50-54(59)55(60)56-52(51-57)53(58)49-47-45-43-41-39-37-35-33-20-18-16-14-12-10-8-6-4-2/h20,25-26,33,39,41,47,49,52-54,57-59H,3-19,21-24,27-32,34-38,40,42-46,48,50-51H2,1-2H3,(H,56,60)/b26-25-,33-20+,41-39+,49-47+. The van der Waals surface area contributed by atoms with Crippen LogP contribution in [-0.2, 0) is 4.79 Å². The van der Waals surface area contributed by atoms with Crippen molar-refractivity contribution in [2.45, 2.75) is 289 Å². The Morgan fingerprint density at radius 3 is 1.02 bits per heavy atom. The Labute approximate surface area is 374 Å². The molecule has 0 fully saturated rings. The van der Waals surface area contributed by atoms with Gasteiger partial charge in [-0.05, 0) is 70.6 Å². The number of unbranched alkanes of at least 4 members (excludes halogenated alkanes) is 34. The topological polar surface area (TPSA) is 89.8 Å². The highest BCUT2D eigenvalue weighted by atomic mass is 16.3. The maximum atomic E-state index is 12.5. The highest BCUT2D eigenvalue weighted by molar-refractivity contribution is 5.80. The molecule has 3 unspecified atom stereocenters. The zero-order valence-electron chi connectivity index (χ0n) is 40.1. The average Bonchev–Trinajstić information content (AvgIpc) is 3.25. The van der Waals surface area contributed by atoms with Crippen molar-refractivity contribution in [2.24, 2.45) is 0 Å². The van der Waals surface area contributed by atoms with E-state index in [1.807, 2.05) is 6.08 Å². The lowest BCUT2D eigenvalue weighted by Gasteiger charge is -2.21. The van der Waals surface area contributed by atoms with E-state index < -0.39 is 24.2 Å². The molecule has 0 spiro atoms. The maximum Gasteiger partial charge on any atom is 0.249 e. The highest BCUT2D eigenvalue weighted by Gasteiger charge is 2.22. The second-order valence-electron chi connectivity index (χ2n) is 18.1. The summed E-state index contributed by atoms with van der Waals surface area (Å²) in [6, 6.07) is -0.822. The first-order chi connectivity index (χ1) is 29.6. The van der Waals surface area contributed by atoms with Crippen LogP contribution in [0.3, 0.4) is 0 Å². The number of aliphatic hydroxyl groups excluding tert-OH is 3. The van der Waals surface area contributed by atoms with Gasteiger partial charge in [0.15, 0.2) is 0 Å². The quantitative estimate of drug-likeness (QED) is 0.0363. The molecule has 352 valence electrons. The van der Waals surface area contributed by atoms with E-state index in [1.165, 1.54) is 205 Å². The van der Waals surface area contributed by atoms with Crippen molar-refractivity contribution in [2.75, 3.05) is 6.61 Å². The van der Waals surface area contributed by atoms with Gasteiger partial charge in [-0.25, -0.2) is 0 Å². The van der Waals surface area contributed by atoms with Gasteiger partial charge in [-0.1, -0.05) is 249 Å². The zero-order valence-corrected chi connectivity index (χ0v) is 40.1. The van der Waals surface area contributed by atoms with Crippen molar-refractivity contribution < 1.29 is 20.1 Å². The summed E-state index contributed by atoms with van der Waals surface area (Å²) in [5, 5.41) is 33.2. The molecule has 5 heteroatoms. The maximum absolute atomic E-state index is 12.5. The number of aliphatic hydroxyl groups is 3. The van der Waals surface area contributed by atoms with Crippen LogP contribution in [0.5, 0.6) is 0 Å². The van der Waals surface area contributed by atoms with Crippen LogP contribution in [0.15, 0.2) is 48.6 Å². The van der Waals surface area contributed by atoms with Gasteiger partial charge in [0.05, 0.1) is 18.8 Å². The molecule has 0 heterocycles. The summed E-state index contributed by atoms with van der Waals surface area (Å²) in [5.41, 5.74) is 0. The van der Waals surface area contributed by atoms with Crippen molar-refractivity contribution in [1.29, 1.82) is 0 Å². The lowest BCUT2D eigenvalue weighted by Crippen LogP contribution is -2.48. The number of amides is 1. The minimum atomic E-state index is -1.11. The summed E-state index contributed by atoms with van der Waals surface area (Å²) in [6.07, 6.45) is 66.1. The van der Waals surface area contributed by atoms with Crippen LogP contribution >= 0.6 is 0 Å². The summed E-state index contributed by atoms with van der Waals surface area (Å²) in [4.78, 5) is 12.5. The van der Waals surface area contributed by atoms with Crippen LogP contribution < -0.4 is 5.32 Å². The summed E-state index contributed by atoms with van der Waals surface area (Å²) < 4.78 is 0. The minimum Gasteiger partial charge on any atom is -0.394 e. The van der Waals surface area contributed by atoms with Gasteiger partial charge in [0.1, 0.15) is 6.10 Å². The van der Waals surface area contributed by atoms with Crippen LogP contribution in [0, 0.1) is 0 Å². The third kappa shape index (κ3) is 44.4. The summed E-state index contributed by atoms with van der Waals surface area (Å²) >= 11 is 0. The van der Waals surface area contributed by atoms with Crippen LogP contribution in [0.1, 0.15) is 271 Å². The Kier molecular flexibility index (Phi) is 48.6. The molecule has 0 radical (unpaired) electrons. The molecule has 0 bridgehead atoms. The van der Waals surface area contributed by atoms with Crippen LogP contribution in [0.2, 0.25) is 0 Å². The van der Waals surface area contributed by atoms with Crippen molar-refractivity contribution >= 4 is 5.91 Å². The molecular weight excluding hydrogens is 739 g/mol. The molecule has 0 aliphatic heterocycles. The fourth-order valence-corrected chi connectivity index (χ4v) is 7.98. The number of allylic oxidation sites excluding steroid dienone is 7. The van der Waals surface area contributed by atoms with Gasteiger partial charge in [0.2, 0.25) is 5.91 Å². The number of carbonyl (C=O) groups is 1. The zero-order chi connectivity index (χ0) is 43.7. The summed E-state index contributed by atoms with van der Waals surface area (Å²) in [6.45, 7) is 4.18.